The van der Waals surface area contributed by atoms with Crippen LogP contribution in [-0.4, -0.2) is 4.57 Å². The van der Waals surface area contributed by atoms with Crippen molar-refractivity contribution in [2.75, 3.05) is 9.80 Å². The Labute approximate surface area is 416 Å². The van der Waals surface area contributed by atoms with Gasteiger partial charge in [0.05, 0.1) is 29.0 Å². The van der Waals surface area contributed by atoms with Gasteiger partial charge in [-0.25, -0.2) is 0 Å². The fourth-order valence-corrected chi connectivity index (χ4v) is 10.9. The zero-order chi connectivity index (χ0) is 50.8. The predicted octanol–water partition coefficient (Wildman–Crippen LogP) is 17.8. The van der Waals surface area contributed by atoms with E-state index in [2.05, 4.69) is 202 Å². The molecular weight excluding hydrogens is 847 g/mol. The van der Waals surface area contributed by atoms with Crippen LogP contribution in [0.4, 0.5) is 34.1 Å². The van der Waals surface area contributed by atoms with Gasteiger partial charge in [-0.1, -0.05) is 194 Å². The molecule has 3 heteroatoms. The largest absolute Gasteiger partial charge is 0.310 e. The first-order valence-corrected chi connectivity index (χ1v) is 23.7. The van der Waals surface area contributed by atoms with Gasteiger partial charge in [-0.15, -0.1) is 0 Å². The van der Waals surface area contributed by atoms with Crippen LogP contribution in [0.5, 0.6) is 0 Å². The molecule has 0 spiro atoms. The molecule has 0 aliphatic heterocycles. The summed E-state index contributed by atoms with van der Waals surface area (Å²) in [5, 5.41) is 2.12. The molecule has 1 aliphatic carbocycles. The van der Waals surface area contributed by atoms with E-state index >= 15 is 0 Å². The second-order valence-corrected chi connectivity index (χ2v) is 17.7. The maximum Gasteiger partial charge on any atom is 0.0714 e. The molecule has 70 heavy (non-hydrogen) atoms. The Bertz CT molecular complexity index is 4060. The van der Waals surface area contributed by atoms with Crippen LogP contribution in [0.1, 0.15) is 29.1 Å². The van der Waals surface area contributed by atoms with Crippen LogP contribution in [0, 0.1) is 0 Å². The lowest BCUT2D eigenvalue weighted by Gasteiger charge is -2.35. The molecule has 1 unspecified atom stereocenters. The first-order chi connectivity index (χ1) is 36.8. The van der Waals surface area contributed by atoms with Crippen LogP contribution in [0.3, 0.4) is 0 Å². The fourth-order valence-electron chi connectivity index (χ4n) is 10.9. The van der Waals surface area contributed by atoms with E-state index in [1.165, 1.54) is 0 Å². The lowest BCUT2D eigenvalue weighted by molar-refractivity contribution is 0.769. The van der Waals surface area contributed by atoms with E-state index in [0.717, 1.165) is 101 Å². The van der Waals surface area contributed by atoms with Crippen molar-refractivity contribution in [2.24, 2.45) is 0 Å². The number of hydrogen-bond acceptors (Lipinski definition) is 2. The summed E-state index contributed by atoms with van der Waals surface area (Å²) in [5.41, 5.74) is 13.6. The number of para-hydroxylation sites is 6. The molecule has 0 saturated carbocycles. The smallest absolute Gasteiger partial charge is 0.0714 e. The fraction of sp³-hybridized carbons (Fsp3) is 0.0149. The first-order valence-electron chi connectivity index (χ1n) is 26.2. The van der Waals surface area contributed by atoms with E-state index in [-0.39, 0.29) is 29.7 Å². The standard InChI is InChI=1S/C67H47N3/c1-7-23-48(24-8-1)57-35-19-21-37-64(57)69(53-31-15-5-16-32-53)56-41-44-63-61(47-56)60-46-55(68(51-27-11-3-12-28-51)52-29-13-4-14-30-52)40-43-62(60)67(63,49-25-9-2-10-26-49)50-39-42-59-58-36-20-22-38-65(58)70(66(59)45-50)54-33-17-6-18-34-54/h1-47H/i2D,9D,10D,25D,26D. The second kappa shape index (κ2) is 17.2. The highest BCUT2D eigenvalue weighted by molar-refractivity contribution is 6.10. The van der Waals surface area contributed by atoms with E-state index < -0.39 is 11.5 Å². The summed E-state index contributed by atoms with van der Waals surface area (Å²) in [6.45, 7) is 0. The Balaban J connectivity index is 1.16. The summed E-state index contributed by atoms with van der Waals surface area (Å²) in [5.74, 6) is 0. The zero-order valence-corrected chi connectivity index (χ0v) is 38.1. The van der Waals surface area contributed by atoms with Crippen LogP contribution in [-0.2, 0) is 5.41 Å². The third kappa shape index (κ3) is 6.66. The molecule has 0 fully saturated rings. The van der Waals surface area contributed by atoms with Crippen LogP contribution in [0.15, 0.2) is 285 Å². The number of aromatic nitrogens is 1. The van der Waals surface area contributed by atoms with Crippen LogP contribution < -0.4 is 9.80 Å². The average Bonchev–Trinajstić information content (AvgIpc) is 4.17. The number of rotatable bonds is 10. The van der Waals surface area contributed by atoms with Gasteiger partial charge in [-0.3, -0.25) is 0 Å². The Morgan fingerprint density at radius 1 is 0.343 bits per heavy atom. The highest BCUT2D eigenvalue weighted by atomic mass is 15.1. The van der Waals surface area contributed by atoms with E-state index in [4.69, 9.17) is 1.37 Å². The van der Waals surface area contributed by atoms with Crippen molar-refractivity contribution in [3.05, 3.63) is 307 Å². The van der Waals surface area contributed by atoms with Gasteiger partial charge in [0, 0.05) is 50.5 Å². The second-order valence-electron chi connectivity index (χ2n) is 17.7. The highest BCUT2D eigenvalue weighted by Gasteiger charge is 2.47. The Morgan fingerprint density at radius 3 is 1.47 bits per heavy atom. The minimum Gasteiger partial charge on any atom is -0.310 e. The van der Waals surface area contributed by atoms with Crippen LogP contribution in [0.25, 0.3) is 49.7 Å². The van der Waals surface area contributed by atoms with Gasteiger partial charge in [0.2, 0.25) is 0 Å². The van der Waals surface area contributed by atoms with Crippen LogP contribution >= 0.6 is 0 Å². The van der Waals surface area contributed by atoms with Crippen LogP contribution in [0.2, 0.25) is 0 Å². The van der Waals surface area contributed by atoms with Gasteiger partial charge in [0.25, 0.3) is 0 Å². The Hall–Kier alpha value is -9.18. The molecular formula is C67H47N3. The molecule has 1 aliphatic rings. The molecule has 1 heterocycles. The molecule has 1 aromatic heterocycles. The molecule has 11 aromatic carbocycles. The maximum absolute atomic E-state index is 9.97. The van der Waals surface area contributed by atoms with Crippen molar-refractivity contribution in [1.29, 1.82) is 0 Å². The summed E-state index contributed by atoms with van der Waals surface area (Å²) in [4.78, 5) is 4.53. The number of nitrogens with zero attached hydrogens (tertiary/aromatic N) is 3. The molecule has 0 amide bonds. The molecule has 0 saturated heterocycles. The summed E-state index contributed by atoms with van der Waals surface area (Å²) in [7, 11) is 0. The predicted molar refractivity (Wildman–Crippen MR) is 293 cm³/mol. The highest BCUT2D eigenvalue weighted by Crippen LogP contribution is 2.59. The van der Waals surface area contributed by atoms with Crippen molar-refractivity contribution < 1.29 is 6.85 Å². The van der Waals surface area contributed by atoms with Crippen molar-refractivity contribution in [1.82, 2.24) is 4.57 Å². The average molecular weight is 899 g/mol. The summed E-state index contributed by atoms with van der Waals surface area (Å²) >= 11 is 0. The van der Waals surface area contributed by atoms with Gasteiger partial charge in [-0.05, 0) is 130 Å². The number of fused-ring (bicyclic) bond motifs is 6. The zero-order valence-electron chi connectivity index (χ0n) is 43.1. The molecule has 0 N–H and O–H groups in total. The van der Waals surface area contributed by atoms with Gasteiger partial charge in [0.15, 0.2) is 0 Å². The quantitative estimate of drug-likeness (QED) is 0.135. The maximum atomic E-state index is 9.97. The SMILES string of the molecule is [2H]c1c([2H])c([2H])c(C2(c3ccc4c5ccccc5n(-c5ccccc5)c4c3)c3ccc(N(c4ccccc4)c4ccccc4)cc3-c3cc(N(c4ccccc4)c4ccccc4-c4ccccc4)ccc32)c([2H])c1[2H]. The summed E-state index contributed by atoms with van der Waals surface area (Å²) < 4.78 is 49.7. The first kappa shape index (κ1) is 35.9. The van der Waals surface area contributed by atoms with Crippen molar-refractivity contribution in [3.63, 3.8) is 0 Å². The molecule has 0 radical (unpaired) electrons. The van der Waals surface area contributed by atoms with E-state index in [0.29, 0.717) is 0 Å². The van der Waals surface area contributed by atoms with Gasteiger partial charge in [0.1, 0.15) is 0 Å². The lowest BCUT2D eigenvalue weighted by atomic mass is 9.67. The molecule has 3 nitrogen and oxygen atoms in total. The minimum atomic E-state index is -1.43. The van der Waals surface area contributed by atoms with Crippen molar-refractivity contribution >= 4 is 55.9 Å². The normalized spacial score (nSPS) is 14.8. The lowest BCUT2D eigenvalue weighted by Crippen LogP contribution is -2.28. The number of benzene rings is 11. The topological polar surface area (TPSA) is 11.4 Å². The molecule has 1 atom stereocenters. The third-order valence-corrected chi connectivity index (χ3v) is 13.9. The van der Waals surface area contributed by atoms with E-state index in [1.54, 1.807) is 0 Å². The van der Waals surface area contributed by atoms with E-state index in [9.17, 15) is 5.48 Å². The summed E-state index contributed by atoms with van der Waals surface area (Å²) in [6.07, 6.45) is 0. The molecule has 330 valence electrons. The number of hydrogen-bond donors (Lipinski definition) is 0. The van der Waals surface area contributed by atoms with E-state index in [1.807, 2.05) is 66.7 Å². The molecule has 0 bridgehead atoms. The van der Waals surface area contributed by atoms with Crippen molar-refractivity contribution in [2.45, 2.75) is 5.41 Å². The third-order valence-electron chi connectivity index (χ3n) is 13.9. The molecule has 12 aromatic rings. The molecule has 13 rings (SSSR count). The van der Waals surface area contributed by atoms with Gasteiger partial charge >= 0.3 is 0 Å². The van der Waals surface area contributed by atoms with Crippen molar-refractivity contribution in [3.8, 4) is 27.9 Å². The monoisotopic (exact) mass is 898 g/mol. The Kier molecular flexibility index (Phi) is 8.81. The van der Waals surface area contributed by atoms with Gasteiger partial charge in [-0.2, -0.15) is 0 Å². The van der Waals surface area contributed by atoms with Gasteiger partial charge < -0.3 is 14.4 Å². The summed E-state index contributed by atoms with van der Waals surface area (Å²) in [6, 6.07) is 86.3. The number of anilines is 6. The Morgan fingerprint density at radius 2 is 0.843 bits per heavy atom. The minimum absolute atomic E-state index is 0.188.